The van der Waals surface area contributed by atoms with Gasteiger partial charge in [-0.3, -0.25) is 4.35 Å². The SMILES string of the molecule is CCOC(=O)c1cn([Si](C)(C)C(C)(C)C)nc1OC. The number of methoxy groups -OCH3 is 1. The van der Waals surface area contributed by atoms with E-state index in [1.165, 1.54) is 7.11 Å². The zero-order valence-corrected chi connectivity index (χ0v) is 13.9. The third-order valence-electron chi connectivity index (χ3n) is 3.78. The smallest absolute Gasteiger partial charge is 0.345 e. The van der Waals surface area contributed by atoms with Gasteiger partial charge >= 0.3 is 5.97 Å². The molecule has 0 radical (unpaired) electrons. The molecule has 0 fully saturated rings. The van der Waals surface area contributed by atoms with Gasteiger partial charge in [0.25, 0.3) is 0 Å². The van der Waals surface area contributed by atoms with Crippen LogP contribution in [0.2, 0.25) is 18.1 Å². The van der Waals surface area contributed by atoms with Crippen LogP contribution in [0, 0.1) is 0 Å². The monoisotopic (exact) mass is 284 g/mol. The van der Waals surface area contributed by atoms with Crippen molar-refractivity contribution < 1.29 is 14.3 Å². The molecule has 0 unspecified atom stereocenters. The molecule has 108 valence electrons. The van der Waals surface area contributed by atoms with Crippen molar-refractivity contribution in [2.45, 2.75) is 45.8 Å². The summed E-state index contributed by atoms with van der Waals surface area (Å²) in [5.41, 5.74) is 0.397. The summed E-state index contributed by atoms with van der Waals surface area (Å²) in [4.78, 5) is 11.9. The number of nitrogens with zero attached hydrogens (tertiary/aromatic N) is 2. The van der Waals surface area contributed by atoms with E-state index in [-0.39, 0.29) is 11.0 Å². The van der Waals surface area contributed by atoms with Gasteiger partial charge in [-0.2, -0.15) is 0 Å². The maximum absolute atomic E-state index is 11.9. The van der Waals surface area contributed by atoms with Crippen LogP contribution >= 0.6 is 0 Å². The van der Waals surface area contributed by atoms with Crippen LogP contribution in [0.4, 0.5) is 0 Å². The Morgan fingerprint density at radius 2 is 2.00 bits per heavy atom. The predicted octanol–water partition coefficient (Wildman–Crippen LogP) is 2.92. The van der Waals surface area contributed by atoms with Crippen LogP contribution in [-0.2, 0) is 4.74 Å². The number of carbonyl (C=O) groups excluding carboxylic acids is 1. The minimum absolute atomic E-state index is 0.121. The fourth-order valence-electron chi connectivity index (χ4n) is 1.49. The number of rotatable bonds is 4. The third-order valence-corrected chi connectivity index (χ3v) is 8.82. The fraction of sp³-hybridized carbons (Fsp3) is 0.692. The highest BCUT2D eigenvalue weighted by atomic mass is 28.3. The normalized spacial score (nSPS) is 12.4. The number of hydrogen-bond donors (Lipinski definition) is 0. The van der Waals surface area contributed by atoms with Crippen LogP contribution in [-0.4, -0.2) is 37.4 Å². The second-order valence-electron chi connectivity index (χ2n) is 6.03. The quantitative estimate of drug-likeness (QED) is 0.630. The van der Waals surface area contributed by atoms with Crippen molar-refractivity contribution in [2.24, 2.45) is 0 Å². The lowest BCUT2D eigenvalue weighted by atomic mass is 10.2. The Balaban J connectivity index is 3.23. The van der Waals surface area contributed by atoms with E-state index in [0.717, 1.165) is 0 Å². The number of ether oxygens (including phenoxy) is 2. The summed E-state index contributed by atoms with van der Waals surface area (Å²) in [6.07, 6.45) is 1.76. The van der Waals surface area contributed by atoms with E-state index < -0.39 is 8.24 Å². The second kappa shape index (κ2) is 5.36. The molecule has 0 saturated heterocycles. The van der Waals surface area contributed by atoms with Gasteiger partial charge in [0.1, 0.15) is 5.56 Å². The maximum Gasteiger partial charge on any atom is 0.345 e. The Morgan fingerprint density at radius 3 is 2.42 bits per heavy atom. The summed E-state index contributed by atoms with van der Waals surface area (Å²) >= 11 is 0. The molecule has 0 amide bonds. The van der Waals surface area contributed by atoms with Crippen LogP contribution in [0.15, 0.2) is 6.20 Å². The van der Waals surface area contributed by atoms with Gasteiger partial charge in [0.05, 0.1) is 13.7 Å². The molecule has 19 heavy (non-hydrogen) atoms. The molecule has 1 aromatic rings. The van der Waals surface area contributed by atoms with Gasteiger partial charge in [-0.25, -0.2) is 4.79 Å². The van der Waals surface area contributed by atoms with Crippen molar-refractivity contribution in [2.75, 3.05) is 13.7 Å². The fourth-order valence-corrected chi connectivity index (χ4v) is 2.97. The molecule has 0 saturated carbocycles. The molecule has 0 bridgehead atoms. The first-order valence-corrected chi connectivity index (χ1v) is 9.41. The van der Waals surface area contributed by atoms with Gasteiger partial charge in [0, 0.05) is 6.20 Å². The van der Waals surface area contributed by atoms with Crippen LogP contribution in [0.25, 0.3) is 0 Å². The van der Waals surface area contributed by atoms with Crippen molar-refractivity contribution in [1.29, 1.82) is 0 Å². The molecule has 0 aliphatic heterocycles. The Kier molecular flexibility index (Phi) is 4.45. The third kappa shape index (κ3) is 3.00. The molecule has 5 nitrogen and oxygen atoms in total. The van der Waals surface area contributed by atoms with E-state index in [1.807, 2.05) is 4.35 Å². The molecule has 0 atom stereocenters. The molecule has 1 aromatic heterocycles. The van der Waals surface area contributed by atoms with Gasteiger partial charge in [-0.05, 0) is 25.1 Å². The largest absolute Gasteiger partial charge is 0.479 e. The number of esters is 1. The number of hydrogen-bond acceptors (Lipinski definition) is 4. The van der Waals surface area contributed by atoms with Crippen molar-refractivity contribution in [1.82, 2.24) is 9.45 Å². The van der Waals surface area contributed by atoms with Gasteiger partial charge in [-0.15, -0.1) is 5.10 Å². The standard InChI is InChI=1S/C13H24N2O3Si/c1-8-18-12(16)10-9-15(14-11(10)17-5)19(6,7)13(2,3)4/h9H,8H2,1-7H3. The van der Waals surface area contributed by atoms with E-state index in [0.29, 0.717) is 18.1 Å². The predicted molar refractivity (Wildman–Crippen MR) is 77.3 cm³/mol. The van der Waals surface area contributed by atoms with Crippen LogP contribution < -0.4 is 4.74 Å². The van der Waals surface area contributed by atoms with Crippen LogP contribution in [0.5, 0.6) is 5.88 Å². The molecule has 6 heteroatoms. The second-order valence-corrected chi connectivity index (χ2v) is 11.1. The molecule has 0 spiro atoms. The molecular weight excluding hydrogens is 260 g/mol. The summed E-state index contributed by atoms with van der Waals surface area (Å²) in [6, 6.07) is 0. The maximum atomic E-state index is 11.9. The average molecular weight is 284 g/mol. The first-order chi connectivity index (χ1) is 8.65. The highest BCUT2D eigenvalue weighted by Crippen LogP contribution is 2.37. The summed E-state index contributed by atoms with van der Waals surface area (Å²) < 4.78 is 12.1. The summed E-state index contributed by atoms with van der Waals surface area (Å²) in [5, 5.41) is 4.55. The zero-order chi connectivity index (χ0) is 14.8. The number of aromatic nitrogens is 2. The van der Waals surface area contributed by atoms with Crippen molar-refractivity contribution in [3.8, 4) is 5.88 Å². The lowest BCUT2D eigenvalue weighted by Gasteiger charge is -2.36. The first-order valence-electron chi connectivity index (χ1n) is 6.46. The van der Waals surface area contributed by atoms with Crippen molar-refractivity contribution >= 4 is 14.2 Å². The topological polar surface area (TPSA) is 53.4 Å². The van der Waals surface area contributed by atoms with Gasteiger partial charge in [-0.1, -0.05) is 20.8 Å². The lowest BCUT2D eigenvalue weighted by Crippen LogP contribution is -2.45. The van der Waals surface area contributed by atoms with E-state index in [4.69, 9.17) is 9.47 Å². The highest BCUT2D eigenvalue weighted by Gasteiger charge is 2.40. The van der Waals surface area contributed by atoms with Crippen molar-refractivity contribution in [3.05, 3.63) is 11.8 Å². The minimum Gasteiger partial charge on any atom is -0.479 e. The minimum atomic E-state index is -1.86. The highest BCUT2D eigenvalue weighted by molar-refractivity contribution is 6.78. The zero-order valence-electron chi connectivity index (χ0n) is 12.9. The summed E-state index contributed by atoms with van der Waals surface area (Å²) in [7, 11) is -0.344. The van der Waals surface area contributed by atoms with Crippen LogP contribution in [0.3, 0.4) is 0 Å². The first kappa shape index (κ1) is 15.8. The summed E-state index contributed by atoms with van der Waals surface area (Å²) in [6.45, 7) is 13.1. The van der Waals surface area contributed by atoms with Gasteiger partial charge < -0.3 is 9.47 Å². The van der Waals surface area contributed by atoms with Crippen LogP contribution in [0.1, 0.15) is 38.1 Å². The number of carbonyl (C=O) groups is 1. The lowest BCUT2D eigenvalue weighted by molar-refractivity contribution is 0.0522. The Morgan fingerprint density at radius 1 is 1.42 bits per heavy atom. The Hall–Kier alpha value is -1.30. The molecule has 1 rings (SSSR count). The molecule has 0 aromatic carbocycles. The molecule has 0 aliphatic carbocycles. The molecule has 0 aliphatic rings. The van der Waals surface area contributed by atoms with Gasteiger partial charge in [0.2, 0.25) is 5.88 Å². The van der Waals surface area contributed by atoms with Crippen molar-refractivity contribution in [3.63, 3.8) is 0 Å². The Labute approximate surface area is 116 Å². The Bertz CT molecular complexity index is 461. The summed E-state index contributed by atoms with van der Waals surface area (Å²) in [5.74, 6) is -0.0485. The van der Waals surface area contributed by atoms with E-state index in [1.54, 1.807) is 13.1 Å². The van der Waals surface area contributed by atoms with E-state index in [9.17, 15) is 4.79 Å². The molecule has 1 heterocycles. The average Bonchev–Trinajstić information content (AvgIpc) is 2.72. The van der Waals surface area contributed by atoms with Gasteiger partial charge in [0.15, 0.2) is 8.24 Å². The van der Waals surface area contributed by atoms with E-state index >= 15 is 0 Å². The molecular formula is C13H24N2O3Si. The molecule has 0 N–H and O–H groups in total. The van der Waals surface area contributed by atoms with E-state index in [2.05, 4.69) is 39.0 Å².